The van der Waals surface area contributed by atoms with E-state index in [9.17, 15) is 14.3 Å². The zero-order valence-electron chi connectivity index (χ0n) is 32.9. The van der Waals surface area contributed by atoms with Crippen LogP contribution in [0.25, 0.3) is 0 Å². The number of unbranched alkanes of at least 4 members (excludes halogenated alkanes) is 14. The van der Waals surface area contributed by atoms with Gasteiger partial charge in [0.15, 0.2) is 0 Å². The Labute approximate surface area is 308 Å². The van der Waals surface area contributed by atoms with E-state index in [0.717, 1.165) is 57.8 Å². The maximum atomic E-state index is 12.5. The Balaban J connectivity index is 4.07. The zero-order chi connectivity index (χ0) is 37.0. The predicted octanol–water partition coefficient (Wildman–Crippen LogP) is 11.2. The maximum Gasteiger partial charge on any atom is 0.472 e. The molecule has 0 spiro atoms. The molecule has 0 aliphatic carbocycles. The number of ether oxygens (including phenoxy) is 2. The van der Waals surface area contributed by atoms with Crippen molar-refractivity contribution in [3.63, 3.8) is 0 Å². The molecule has 1 N–H and O–H groups in total. The van der Waals surface area contributed by atoms with Gasteiger partial charge >= 0.3 is 13.8 Å². The minimum absolute atomic E-state index is 0.0863. The molecular formula is C41H77NO7P+. The molecule has 292 valence electrons. The lowest BCUT2D eigenvalue weighted by atomic mass is 10.1. The zero-order valence-corrected chi connectivity index (χ0v) is 33.8. The lowest BCUT2D eigenvalue weighted by Crippen LogP contribution is -2.37. The van der Waals surface area contributed by atoms with E-state index in [2.05, 4.69) is 62.5 Å². The monoisotopic (exact) mass is 727 g/mol. The Hall–Kier alpha value is -1.54. The number of phosphoric ester groups is 1. The molecule has 9 heteroatoms. The summed E-state index contributed by atoms with van der Waals surface area (Å²) in [6, 6.07) is 0. The summed E-state index contributed by atoms with van der Waals surface area (Å²) in [5.41, 5.74) is 0. The number of hydrogen-bond donors (Lipinski definition) is 1. The number of rotatable bonds is 36. The van der Waals surface area contributed by atoms with Crippen LogP contribution in [0.2, 0.25) is 0 Å². The van der Waals surface area contributed by atoms with E-state index in [1.54, 1.807) is 0 Å². The first-order chi connectivity index (χ1) is 24.1. The molecular weight excluding hydrogens is 649 g/mol. The van der Waals surface area contributed by atoms with Gasteiger partial charge in [-0.2, -0.15) is 0 Å². The summed E-state index contributed by atoms with van der Waals surface area (Å²) in [5.74, 6) is -0.328. The van der Waals surface area contributed by atoms with E-state index in [1.807, 2.05) is 21.1 Å². The summed E-state index contributed by atoms with van der Waals surface area (Å²) in [6.45, 7) is 5.42. The van der Waals surface area contributed by atoms with Gasteiger partial charge in [0, 0.05) is 13.0 Å². The fourth-order valence-electron chi connectivity index (χ4n) is 5.07. The van der Waals surface area contributed by atoms with Crippen LogP contribution in [0.5, 0.6) is 0 Å². The number of phosphoric acid groups is 1. The molecule has 2 unspecified atom stereocenters. The standard InChI is InChI=1S/C41H76NO7P/c1-6-8-10-12-14-15-16-17-18-19-20-21-22-23-24-25-26-27-28-29-31-33-36-46-38-40(49-41(43)34-32-30-13-11-9-7-2)39-48-50(44,45)47-37-35-42(3,4)5/h8,10,14-15,17-18,20-21,40H,6-7,9,11-13,16,19,22-39H2,1-5H3/p+1/b10-8-,15-14-,18-17-,21-20-. The Bertz CT molecular complexity index is 942. The van der Waals surface area contributed by atoms with Crippen molar-refractivity contribution in [3.8, 4) is 0 Å². The third kappa shape index (κ3) is 37.7. The van der Waals surface area contributed by atoms with Crippen LogP contribution in [-0.2, 0) is 27.9 Å². The Morgan fingerprint density at radius 1 is 0.640 bits per heavy atom. The molecule has 0 saturated carbocycles. The minimum Gasteiger partial charge on any atom is -0.457 e. The van der Waals surface area contributed by atoms with Gasteiger partial charge in [0.2, 0.25) is 0 Å². The van der Waals surface area contributed by atoms with Crippen molar-refractivity contribution in [1.82, 2.24) is 0 Å². The first kappa shape index (κ1) is 48.5. The Kier molecular flexibility index (Phi) is 33.5. The molecule has 0 aliphatic heterocycles. The van der Waals surface area contributed by atoms with Crippen LogP contribution in [0.15, 0.2) is 48.6 Å². The molecule has 0 aromatic heterocycles. The molecule has 0 fully saturated rings. The third-order valence-electron chi connectivity index (χ3n) is 8.15. The highest BCUT2D eigenvalue weighted by atomic mass is 31.2. The molecule has 0 aromatic rings. The summed E-state index contributed by atoms with van der Waals surface area (Å²) in [5, 5.41) is 0. The van der Waals surface area contributed by atoms with Gasteiger partial charge in [-0.1, -0.05) is 140 Å². The quantitative estimate of drug-likeness (QED) is 0.0226. The first-order valence-electron chi connectivity index (χ1n) is 19.9. The molecule has 0 aromatic carbocycles. The molecule has 0 saturated heterocycles. The Morgan fingerprint density at radius 3 is 1.74 bits per heavy atom. The summed E-state index contributed by atoms with van der Waals surface area (Å²) in [6.07, 6.45) is 40.3. The van der Waals surface area contributed by atoms with Crippen molar-refractivity contribution >= 4 is 13.8 Å². The van der Waals surface area contributed by atoms with Gasteiger partial charge in [-0.05, 0) is 51.4 Å². The fourth-order valence-corrected chi connectivity index (χ4v) is 5.81. The van der Waals surface area contributed by atoms with Crippen molar-refractivity contribution in [1.29, 1.82) is 0 Å². The highest BCUT2D eigenvalue weighted by Gasteiger charge is 2.26. The lowest BCUT2D eigenvalue weighted by Gasteiger charge is -2.24. The fraction of sp³-hybridized carbons (Fsp3) is 0.780. The van der Waals surface area contributed by atoms with Gasteiger partial charge in [0.05, 0.1) is 34.4 Å². The Morgan fingerprint density at radius 2 is 1.16 bits per heavy atom. The number of hydrogen-bond acceptors (Lipinski definition) is 6. The van der Waals surface area contributed by atoms with E-state index >= 15 is 0 Å². The third-order valence-corrected chi connectivity index (χ3v) is 9.14. The summed E-state index contributed by atoms with van der Waals surface area (Å²) in [7, 11) is 1.66. The van der Waals surface area contributed by atoms with E-state index in [0.29, 0.717) is 24.1 Å². The number of quaternary nitrogens is 1. The molecule has 0 aliphatic rings. The van der Waals surface area contributed by atoms with Gasteiger partial charge in [0.1, 0.15) is 19.3 Å². The summed E-state index contributed by atoms with van der Waals surface area (Å²) < 4.78 is 34.7. The topological polar surface area (TPSA) is 91.3 Å². The molecule has 50 heavy (non-hydrogen) atoms. The second-order valence-electron chi connectivity index (χ2n) is 14.3. The van der Waals surface area contributed by atoms with Crippen molar-refractivity contribution in [2.45, 2.75) is 155 Å². The number of likely N-dealkylation sites (N-methyl/N-ethyl adjacent to an activating group) is 1. The molecule has 0 rings (SSSR count). The van der Waals surface area contributed by atoms with Crippen LogP contribution in [-0.4, -0.2) is 75.6 Å². The van der Waals surface area contributed by atoms with Crippen LogP contribution >= 0.6 is 7.82 Å². The molecule has 0 heterocycles. The molecule has 0 bridgehead atoms. The van der Waals surface area contributed by atoms with Crippen molar-refractivity contribution in [2.24, 2.45) is 0 Å². The van der Waals surface area contributed by atoms with Crippen LogP contribution in [0.4, 0.5) is 0 Å². The SMILES string of the molecule is CC/C=C\C/C=C\C/C=C\C/C=C\CCCCCCCCCCCOCC(COP(=O)(O)OCC[N+](C)(C)C)OC(=O)CCCCCCCC. The highest BCUT2D eigenvalue weighted by Crippen LogP contribution is 2.43. The largest absolute Gasteiger partial charge is 0.472 e. The molecule has 0 amide bonds. The van der Waals surface area contributed by atoms with Crippen LogP contribution in [0.1, 0.15) is 149 Å². The average Bonchev–Trinajstić information content (AvgIpc) is 3.06. The lowest BCUT2D eigenvalue weighted by molar-refractivity contribution is -0.870. The van der Waals surface area contributed by atoms with Gasteiger partial charge in [-0.15, -0.1) is 0 Å². The van der Waals surface area contributed by atoms with Gasteiger partial charge in [-0.25, -0.2) is 4.57 Å². The molecule has 8 nitrogen and oxygen atoms in total. The summed E-state index contributed by atoms with van der Waals surface area (Å²) >= 11 is 0. The molecule has 0 radical (unpaired) electrons. The number of carbonyl (C=O) groups is 1. The van der Waals surface area contributed by atoms with Gasteiger partial charge < -0.3 is 18.9 Å². The van der Waals surface area contributed by atoms with Gasteiger partial charge in [-0.3, -0.25) is 13.8 Å². The van der Waals surface area contributed by atoms with Crippen LogP contribution in [0, 0.1) is 0 Å². The minimum atomic E-state index is -4.26. The van der Waals surface area contributed by atoms with E-state index in [-0.39, 0.29) is 25.8 Å². The second kappa shape index (κ2) is 34.5. The highest BCUT2D eigenvalue weighted by molar-refractivity contribution is 7.47. The average molecular weight is 727 g/mol. The van der Waals surface area contributed by atoms with Crippen molar-refractivity contribution < 1.29 is 37.3 Å². The second-order valence-corrected chi connectivity index (χ2v) is 15.7. The number of allylic oxidation sites excluding steroid dienone is 8. The maximum absolute atomic E-state index is 12.5. The predicted molar refractivity (Wildman–Crippen MR) is 210 cm³/mol. The van der Waals surface area contributed by atoms with Crippen LogP contribution < -0.4 is 0 Å². The number of carbonyl (C=O) groups excluding carboxylic acids is 1. The van der Waals surface area contributed by atoms with Crippen molar-refractivity contribution in [3.05, 3.63) is 48.6 Å². The number of esters is 1. The van der Waals surface area contributed by atoms with Gasteiger partial charge in [0.25, 0.3) is 0 Å². The number of nitrogens with zero attached hydrogens (tertiary/aromatic N) is 1. The molecule has 2 atom stereocenters. The van der Waals surface area contributed by atoms with E-state index < -0.39 is 13.9 Å². The van der Waals surface area contributed by atoms with Crippen LogP contribution in [0.3, 0.4) is 0 Å². The normalized spacial score (nSPS) is 14.4. The van der Waals surface area contributed by atoms with E-state index in [1.165, 1.54) is 70.6 Å². The van der Waals surface area contributed by atoms with Crippen molar-refractivity contribution in [2.75, 3.05) is 54.1 Å². The smallest absolute Gasteiger partial charge is 0.457 e. The van der Waals surface area contributed by atoms with E-state index in [4.69, 9.17) is 18.5 Å². The summed E-state index contributed by atoms with van der Waals surface area (Å²) in [4.78, 5) is 22.6. The first-order valence-corrected chi connectivity index (χ1v) is 21.4.